The quantitative estimate of drug-likeness (QED) is 0.219. The first-order chi connectivity index (χ1) is 21.8. The van der Waals surface area contributed by atoms with E-state index >= 15 is 0 Å². The van der Waals surface area contributed by atoms with E-state index in [1.165, 1.54) is 80.2 Å². The number of aliphatic hydroxyl groups is 1. The van der Waals surface area contributed by atoms with Crippen LogP contribution >= 0.6 is 23.2 Å². The molecule has 0 spiro atoms. The number of benzene rings is 3. The predicted molar refractivity (Wildman–Crippen MR) is 179 cm³/mol. The van der Waals surface area contributed by atoms with Crippen molar-refractivity contribution in [2.45, 2.75) is 51.7 Å². The molecule has 2 N–H and O–H groups in total. The van der Waals surface area contributed by atoms with Crippen molar-refractivity contribution in [2.75, 3.05) is 27.2 Å². The average Bonchev–Trinajstić information content (AvgIpc) is 3.56. The number of phenols is 1. The molecular formula is C36H39Cl2N3O4. The van der Waals surface area contributed by atoms with Crippen LogP contribution in [0.4, 0.5) is 0 Å². The third kappa shape index (κ3) is 9.35. The molecule has 0 atom stereocenters. The van der Waals surface area contributed by atoms with Gasteiger partial charge in [-0.25, -0.2) is 0 Å². The highest BCUT2D eigenvalue weighted by Crippen LogP contribution is 2.39. The topological polar surface area (TPSA) is 98.8 Å². The van der Waals surface area contributed by atoms with Gasteiger partial charge in [0.1, 0.15) is 29.9 Å². The van der Waals surface area contributed by atoms with E-state index in [1.807, 2.05) is 18.2 Å². The summed E-state index contributed by atoms with van der Waals surface area (Å²) in [5.41, 5.74) is 6.87. The lowest BCUT2D eigenvalue weighted by Crippen LogP contribution is -2.24. The van der Waals surface area contributed by atoms with E-state index in [4.69, 9.17) is 37.9 Å². The van der Waals surface area contributed by atoms with Crippen molar-refractivity contribution in [3.63, 3.8) is 0 Å². The van der Waals surface area contributed by atoms with Crippen LogP contribution in [0.3, 0.4) is 0 Å². The van der Waals surface area contributed by atoms with Gasteiger partial charge in [-0.1, -0.05) is 60.0 Å². The number of aryl methyl sites for hydroxylation is 1. The lowest BCUT2D eigenvalue weighted by atomic mass is 9.97. The zero-order valence-electron chi connectivity index (χ0n) is 25.7. The number of aromatic nitrogens is 1. The van der Waals surface area contributed by atoms with Crippen molar-refractivity contribution < 1.29 is 19.7 Å². The normalized spacial score (nSPS) is 13.8. The zero-order valence-corrected chi connectivity index (χ0v) is 27.2. The number of aliphatic hydroxyl groups excluding tert-OH is 1. The molecule has 6 rings (SSSR count). The van der Waals surface area contributed by atoms with Crippen molar-refractivity contribution in [1.82, 2.24) is 9.88 Å². The first-order valence-corrected chi connectivity index (χ1v) is 15.8. The Kier molecular flexibility index (Phi) is 12.9. The molecule has 4 aromatic rings. The number of fused-ring (bicyclic) bond motifs is 1. The first kappa shape index (κ1) is 34.1. The number of ether oxygens (including phenoxy) is 2. The maximum atomic E-state index is 9.55. The van der Waals surface area contributed by atoms with Gasteiger partial charge in [-0.15, -0.1) is 0 Å². The highest BCUT2D eigenvalue weighted by molar-refractivity contribution is 6.34. The maximum absolute atomic E-state index is 9.55. The number of phenolic OH excluding ortho intramolecular Hbond substituents is 1. The lowest BCUT2D eigenvalue weighted by molar-refractivity contribution is 0.258. The Hall–Kier alpha value is -3.80. The first-order valence-electron chi connectivity index (χ1n) is 15.1. The van der Waals surface area contributed by atoms with Gasteiger partial charge in [0.15, 0.2) is 0 Å². The number of aromatic hydroxyl groups is 1. The molecule has 7 nitrogen and oxygen atoms in total. The summed E-state index contributed by atoms with van der Waals surface area (Å²) in [6.07, 6.45) is 10.9. The largest absolute Gasteiger partial charge is 0.506 e. The van der Waals surface area contributed by atoms with E-state index in [1.54, 1.807) is 19.4 Å². The zero-order chi connectivity index (χ0) is 32.2. The summed E-state index contributed by atoms with van der Waals surface area (Å²) in [7, 11) is 3.85. The molecule has 1 fully saturated rings. The molecule has 9 heteroatoms. The standard InChI is InChI=1S/C16H15ClO.C14H11ClN2O3.C6H13N/c1-18-15-10-4-9-14(16(15)17)13-8-3-6-11-5-2-7-12(11)13;15-12-2-11(7-18)14(3-13(12)19)20-8-10-1-9(4-16)5-17-6-10;1-7-5-3-2-4-6-7/h3-4,6,8-10H,2,5,7H2,1H3;1-3,5-6,18-19H,7-8H2;2-6H2,1H3. The summed E-state index contributed by atoms with van der Waals surface area (Å²) >= 11 is 12.2. The van der Waals surface area contributed by atoms with Gasteiger partial charge in [0.25, 0.3) is 0 Å². The maximum Gasteiger partial charge on any atom is 0.138 e. The molecule has 45 heavy (non-hydrogen) atoms. The summed E-state index contributed by atoms with van der Waals surface area (Å²) in [6, 6.07) is 18.9. The molecular weight excluding hydrogens is 609 g/mol. The summed E-state index contributed by atoms with van der Waals surface area (Å²) in [5, 5.41) is 28.4. The molecule has 0 unspecified atom stereocenters. The molecule has 3 aromatic carbocycles. The van der Waals surface area contributed by atoms with E-state index in [0.29, 0.717) is 27.5 Å². The molecule has 1 aromatic heterocycles. The molecule has 0 saturated carbocycles. The van der Waals surface area contributed by atoms with Gasteiger partial charge >= 0.3 is 0 Å². The van der Waals surface area contributed by atoms with Gasteiger partial charge in [-0.2, -0.15) is 5.26 Å². The number of methoxy groups -OCH3 is 1. The van der Waals surface area contributed by atoms with Crippen LogP contribution in [0, 0.1) is 11.3 Å². The van der Waals surface area contributed by atoms with Gasteiger partial charge in [0.2, 0.25) is 0 Å². The summed E-state index contributed by atoms with van der Waals surface area (Å²) in [4.78, 5) is 6.31. The number of pyridine rings is 1. The number of nitriles is 1. The monoisotopic (exact) mass is 647 g/mol. The number of nitrogens with zero attached hydrogens (tertiary/aromatic N) is 3. The Labute approximate surface area is 275 Å². The van der Waals surface area contributed by atoms with Gasteiger partial charge in [0, 0.05) is 35.2 Å². The number of piperidine rings is 1. The van der Waals surface area contributed by atoms with Crippen LogP contribution in [0.25, 0.3) is 11.1 Å². The van der Waals surface area contributed by atoms with Crippen LogP contribution in [-0.4, -0.2) is 47.3 Å². The lowest BCUT2D eigenvalue weighted by Gasteiger charge is -2.20. The average molecular weight is 649 g/mol. The Balaban J connectivity index is 0.000000169. The van der Waals surface area contributed by atoms with E-state index in [-0.39, 0.29) is 24.0 Å². The van der Waals surface area contributed by atoms with Crippen LogP contribution < -0.4 is 9.47 Å². The van der Waals surface area contributed by atoms with E-state index < -0.39 is 0 Å². The second-order valence-corrected chi connectivity index (χ2v) is 11.8. The third-order valence-corrected chi connectivity index (χ3v) is 8.51. The fraction of sp³-hybridized carbons (Fsp3) is 0.333. The molecule has 2 aliphatic rings. The molecule has 0 amide bonds. The molecule has 1 aliphatic heterocycles. The predicted octanol–water partition coefficient (Wildman–Crippen LogP) is 7.99. The minimum absolute atomic E-state index is 0.122. The Bertz CT molecular complexity index is 1620. The van der Waals surface area contributed by atoms with Crippen LogP contribution in [0.15, 0.2) is 67.0 Å². The Morgan fingerprint density at radius 3 is 2.38 bits per heavy atom. The van der Waals surface area contributed by atoms with Gasteiger partial charge < -0.3 is 24.6 Å². The molecule has 0 radical (unpaired) electrons. The molecule has 1 aliphatic carbocycles. The minimum Gasteiger partial charge on any atom is -0.506 e. The number of hydrogen-bond acceptors (Lipinski definition) is 7. The van der Waals surface area contributed by atoms with Crippen molar-refractivity contribution in [2.24, 2.45) is 0 Å². The van der Waals surface area contributed by atoms with E-state index in [9.17, 15) is 10.2 Å². The van der Waals surface area contributed by atoms with Crippen molar-refractivity contribution in [3.8, 4) is 34.4 Å². The molecule has 1 saturated heterocycles. The summed E-state index contributed by atoms with van der Waals surface area (Å²) < 4.78 is 10.8. The number of rotatable bonds is 6. The van der Waals surface area contributed by atoms with Gasteiger partial charge in [0.05, 0.1) is 29.3 Å². The molecule has 0 bridgehead atoms. The highest BCUT2D eigenvalue weighted by atomic mass is 35.5. The van der Waals surface area contributed by atoms with Crippen molar-refractivity contribution in [1.29, 1.82) is 5.26 Å². The summed E-state index contributed by atoms with van der Waals surface area (Å²) in [5.74, 6) is 0.948. The summed E-state index contributed by atoms with van der Waals surface area (Å²) in [6.45, 7) is 2.54. The SMILES string of the molecule is CN1CCCCC1.COc1cccc(-c2cccc3c2CCC3)c1Cl.N#Cc1cncc(COc2cc(O)c(Cl)cc2CO)c1. The number of likely N-dealkylation sites (tertiary alicyclic amines) is 1. The van der Waals surface area contributed by atoms with E-state index in [0.717, 1.165) is 17.7 Å². The second-order valence-electron chi connectivity index (χ2n) is 11.0. The van der Waals surface area contributed by atoms with Crippen molar-refractivity contribution in [3.05, 3.63) is 105 Å². The van der Waals surface area contributed by atoms with Gasteiger partial charge in [-0.3, -0.25) is 4.98 Å². The fourth-order valence-electron chi connectivity index (χ4n) is 5.43. The van der Waals surface area contributed by atoms with Gasteiger partial charge in [-0.05, 0) is 87.1 Å². The van der Waals surface area contributed by atoms with Crippen LogP contribution in [0.1, 0.15) is 53.5 Å². The highest BCUT2D eigenvalue weighted by Gasteiger charge is 2.18. The fourth-order valence-corrected chi connectivity index (χ4v) is 5.92. The van der Waals surface area contributed by atoms with Crippen LogP contribution in [0.5, 0.6) is 17.2 Å². The van der Waals surface area contributed by atoms with E-state index in [2.05, 4.69) is 41.2 Å². The van der Waals surface area contributed by atoms with Crippen LogP contribution in [-0.2, 0) is 26.1 Å². The third-order valence-electron chi connectivity index (χ3n) is 7.82. The smallest absolute Gasteiger partial charge is 0.138 e. The molecule has 236 valence electrons. The molecule has 2 heterocycles. The minimum atomic E-state index is -0.258. The Morgan fingerprint density at radius 1 is 0.933 bits per heavy atom. The number of hydrogen-bond donors (Lipinski definition) is 2. The number of halogens is 2. The second kappa shape index (κ2) is 17.0. The Morgan fingerprint density at radius 2 is 1.69 bits per heavy atom. The van der Waals surface area contributed by atoms with Crippen molar-refractivity contribution >= 4 is 23.2 Å². The van der Waals surface area contributed by atoms with Crippen LogP contribution in [0.2, 0.25) is 10.0 Å².